The molecule has 7 heteroatoms. The van der Waals surface area contributed by atoms with Gasteiger partial charge in [0.25, 0.3) is 0 Å². The van der Waals surface area contributed by atoms with Crippen molar-refractivity contribution in [2.24, 2.45) is 11.7 Å². The molecule has 0 aliphatic carbocycles. The quantitative estimate of drug-likeness (QED) is 0.460. The monoisotopic (exact) mass is 301 g/mol. The number of carbonyl (C=O) groups excluding carboxylic acids is 2. The van der Waals surface area contributed by atoms with E-state index in [0.717, 1.165) is 12.8 Å². The normalized spacial score (nSPS) is 13.6. The number of nitrogens with two attached hydrogens (primary N) is 1. The van der Waals surface area contributed by atoms with E-state index in [0.29, 0.717) is 12.8 Å². The standard InChI is InChI=1S/C14H27N3O4/c1-4-5-6-11(14(21)16-8-12(18)19)17-13(20)10(15)7-9(2)3/h9-11H,4-8,15H2,1-3H3,(H,16,21)(H,17,20)(H,18,19)/t10-,11-/m0/s1. The van der Waals surface area contributed by atoms with E-state index in [1.165, 1.54) is 0 Å². The molecule has 0 aromatic rings. The van der Waals surface area contributed by atoms with Crippen LogP contribution in [0.5, 0.6) is 0 Å². The van der Waals surface area contributed by atoms with E-state index >= 15 is 0 Å². The molecule has 21 heavy (non-hydrogen) atoms. The third kappa shape index (κ3) is 9.01. The molecule has 122 valence electrons. The van der Waals surface area contributed by atoms with Gasteiger partial charge in [0.05, 0.1) is 6.04 Å². The lowest BCUT2D eigenvalue weighted by molar-refractivity contribution is -0.138. The highest BCUT2D eigenvalue weighted by molar-refractivity contribution is 5.90. The Kier molecular flexibility index (Phi) is 9.36. The zero-order valence-corrected chi connectivity index (χ0v) is 13.0. The first-order valence-corrected chi connectivity index (χ1v) is 7.33. The molecule has 0 unspecified atom stereocenters. The van der Waals surface area contributed by atoms with Crippen molar-refractivity contribution in [3.05, 3.63) is 0 Å². The minimum absolute atomic E-state index is 0.278. The molecule has 7 nitrogen and oxygen atoms in total. The maximum Gasteiger partial charge on any atom is 0.322 e. The molecule has 0 aliphatic rings. The van der Waals surface area contributed by atoms with Gasteiger partial charge in [-0.25, -0.2) is 0 Å². The SMILES string of the molecule is CCCC[C@H](NC(=O)[C@@H](N)CC(C)C)C(=O)NCC(=O)O. The summed E-state index contributed by atoms with van der Waals surface area (Å²) in [5, 5.41) is 13.5. The van der Waals surface area contributed by atoms with E-state index in [9.17, 15) is 14.4 Å². The van der Waals surface area contributed by atoms with E-state index < -0.39 is 30.5 Å². The van der Waals surface area contributed by atoms with Crippen LogP contribution >= 0.6 is 0 Å². The number of nitrogens with one attached hydrogen (secondary N) is 2. The van der Waals surface area contributed by atoms with Gasteiger partial charge in [0.2, 0.25) is 11.8 Å². The van der Waals surface area contributed by atoms with E-state index in [1.54, 1.807) is 0 Å². The van der Waals surface area contributed by atoms with Gasteiger partial charge in [0, 0.05) is 0 Å². The summed E-state index contributed by atoms with van der Waals surface area (Å²) in [6, 6.07) is -1.41. The van der Waals surface area contributed by atoms with Crippen LogP contribution in [0.1, 0.15) is 46.5 Å². The number of amides is 2. The molecular weight excluding hydrogens is 274 g/mol. The Labute approximate surface area is 125 Å². The van der Waals surface area contributed by atoms with Gasteiger partial charge in [-0.2, -0.15) is 0 Å². The summed E-state index contributed by atoms with van der Waals surface area (Å²) in [7, 11) is 0. The van der Waals surface area contributed by atoms with Gasteiger partial charge in [-0.15, -0.1) is 0 Å². The average molecular weight is 301 g/mol. The Morgan fingerprint density at radius 3 is 2.29 bits per heavy atom. The van der Waals surface area contributed by atoms with Crippen molar-refractivity contribution in [2.75, 3.05) is 6.54 Å². The highest BCUT2D eigenvalue weighted by Crippen LogP contribution is 2.05. The zero-order valence-electron chi connectivity index (χ0n) is 13.0. The Balaban J connectivity index is 4.56. The number of carbonyl (C=O) groups is 3. The van der Waals surface area contributed by atoms with Crippen LogP contribution in [0.4, 0.5) is 0 Å². The van der Waals surface area contributed by atoms with Crippen LogP contribution in [0.3, 0.4) is 0 Å². The summed E-state index contributed by atoms with van der Waals surface area (Å²) in [6.07, 6.45) is 2.62. The third-order valence-electron chi connectivity index (χ3n) is 2.96. The highest BCUT2D eigenvalue weighted by Gasteiger charge is 2.23. The first-order chi connectivity index (χ1) is 9.77. The van der Waals surface area contributed by atoms with Crippen LogP contribution in [-0.2, 0) is 14.4 Å². The van der Waals surface area contributed by atoms with E-state index in [1.807, 2.05) is 20.8 Å². The van der Waals surface area contributed by atoms with Gasteiger partial charge in [-0.3, -0.25) is 14.4 Å². The molecule has 0 aliphatic heterocycles. The molecule has 0 heterocycles. The van der Waals surface area contributed by atoms with Gasteiger partial charge < -0.3 is 21.5 Å². The number of hydrogen-bond acceptors (Lipinski definition) is 4. The summed E-state index contributed by atoms with van der Waals surface area (Å²) in [5.41, 5.74) is 5.78. The largest absolute Gasteiger partial charge is 0.480 e. The minimum Gasteiger partial charge on any atom is -0.480 e. The van der Waals surface area contributed by atoms with Gasteiger partial charge in [0.1, 0.15) is 12.6 Å². The second-order valence-corrected chi connectivity index (χ2v) is 5.55. The van der Waals surface area contributed by atoms with Crippen LogP contribution in [0, 0.1) is 5.92 Å². The lowest BCUT2D eigenvalue weighted by Gasteiger charge is -2.21. The van der Waals surface area contributed by atoms with E-state index in [2.05, 4.69) is 10.6 Å². The first kappa shape index (κ1) is 19.4. The molecule has 0 rings (SSSR count). The van der Waals surface area contributed by atoms with E-state index in [4.69, 9.17) is 10.8 Å². The van der Waals surface area contributed by atoms with Crippen molar-refractivity contribution < 1.29 is 19.5 Å². The van der Waals surface area contributed by atoms with Crippen LogP contribution in [0.15, 0.2) is 0 Å². The molecule has 0 saturated carbocycles. The zero-order chi connectivity index (χ0) is 16.4. The van der Waals surface area contributed by atoms with Gasteiger partial charge in [0.15, 0.2) is 0 Å². The van der Waals surface area contributed by atoms with Gasteiger partial charge in [-0.05, 0) is 18.8 Å². The number of aliphatic carboxylic acids is 1. The van der Waals surface area contributed by atoms with Crippen molar-refractivity contribution in [3.8, 4) is 0 Å². The molecule has 0 bridgehead atoms. The fraction of sp³-hybridized carbons (Fsp3) is 0.786. The fourth-order valence-corrected chi connectivity index (χ4v) is 1.86. The molecule has 2 amide bonds. The predicted octanol–water partition coefficient (Wildman–Crippen LogP) is 0.236. The summed E-state index contributed by atoms with van der Waals surface area (Å²) in [4.78, 5) is 34.3. The van der Waals surface area contributed by atoms with Crippen molar-refractivity contribution >= 4 is 17.8 Å². The number of carboxylic acid groups (broad SMARTS) is 1. The number of unbranched alkanes of at least 4 members (excludes halogenated alkanes) is 1. The first-order valence-electron chi connectivity index (χ1n) is 7.33. The maximum atomic E-state index is 12.0. The maximum absolute atomic E-state index is 12.0. The number of hydrogen-bond donors (Lipinski definition) is 4. The Morgan fingerprint density at radius 2 is 1.81 bits per heavy atom. The lowest BCUT2D eigenvalue weighted by Crippen LogP contribution is -2.52. The van der Waals surface area contributed by atoms with Gasteiger partial charge >= 0.3 is 5.97 Å². The minimum atomic E-state index is -1.12. The molecule has 0 saturated heterocycles. The van der Waals surface area contributed by atoms with Gasteiger partial charge in [-0.1, -0.05) is 33.6 Å². The van der Waals surface area contributed by atoms with Crippen LogP contribution < -0.4 is 16.4 Å². The fourth-order valence-electron chi connectivity index (χ4n) is 1.86. The predicted molar refractivity (Wildman–Crippen MR) is 79.5 cm³/mol. The molecule has 0 aromatic heterocycles. The van der Waals surface area contributed by atoms with Crippen molar-refractivity contribution in [3.63, 3.8) is 0 Å². The summed E-state index contributed by atoms with van der Waals surface area (Å²) in [6.45, 7) is 5.43. The molecule has 0 spiro atoms. The molecule has 0 fully saturated rings. The third-order valence-corrected chi connectivity index (χ3v) is 2.96. The highest BCUT2D eigenvalue weighted by atomic mass is 16.4. The molecule has 0 aromatic carbocycles. The molecule has 5 N–H and O–H groups in total. The average Bonchev–Trinajstić information content (AvgIpc) is 2.39. The van der Waals surface area contributed by atoms with Crippen molar-refractivity contribution in [1.82, 2.24) is 10.6 Å². The molecule has 2 atom stereocenters. The summed E-state index contributed by atoms with van der Waals surface area (Å²) >= 11 is 0. The number of rotatable bonds is 10. The number of carboxylic acids is 1. The second-order valence-electron chi connectivity index (χ2n) is 5.55. The molecular formula is C14H27N3O4. The van der Waals surface area contributed by atoms with Crippen LogP contribution in [-0.4, -0.2) is 41.5 Å². The Bertz CT molecular complexity index is 358. The van der Waals surface area contributed by atoms with Crippen LogP contribution in [0.2, 0.25) is 0 Å². The summed E-state index contributed by atoms with van der Waals surface area (Å²) in [5.74, 6) is -1.72. The topological polar surface area (TPSA) is 122 Å². The van der Waals surface area contributed by atoms with Crippen molar-refractivity contribution in [1.29, 1.82) is 0 Å². The Hall–Kier alpha value is -1.63. The summed E-state index contributed by atoms with van der Waals surface area (Å²) < 4.78 is 0. The molecule has 0 radical (unpaired) electrons. The van der Waals surface area contributed by atoms with E-state index in [-0.39, 0.29) is 11.8 Å². The second kappa shape index (κ2) is 10.1. The Morgan fingerprint density at radius 1 is 1.19 bits per heavy atom. The van der Waals surface area contributed by atoms with Crippen LogP contribution in [0.25, 0.3) is 0 Å². The van der Waals surface area contributed by atoms with Crippen molar-refractivity contribution in [2.45, 2.75) is 58.5 Å². The smallest absolute Gasteiger partial charge is 0.322 e. The lowest BCUT2D eigenvalue weighted by atomic mass is 10.0.